The molecule has 0 aliphatic carbocycles. The van der Waals surface area contributed by atoms with Crippen molar-refractivity contribution in [2.45, 2.75) is 6.92 Å². The van der Waals surface area contributed by atoms with E-state index in [-0.39, 0.29) is 5.91 Å². The Morgan fingerprint density at radius 3 is 2.86 bits per heavy atom. The number of hydrazone groups is 1. The molecule has 0 fully saturated rings. The van der Waals surface area contributed by atoms with E-state index in [1.807, 2.05) is 37.3 Å². The Kier molecular flexibility index (Phi) is 6.38. The fraction of sp³-hybridized carbons (Fsp3) is 0.125. The number of halogens is 2. The second kappa shape index (κ2) is 8.28. The number of carbonyl (C=O) groups is 1. The van der Waals surface area contributed by atoms with Gasteiger partial charge in [0.15, 0.2) is 0 Å². The van der Waals surface area contributed by atoms with Crippen LogP contribution in [0.1, 0.15) is 22.8 Å². The smallest absolute Gasteiger partial charge is 0.271 e. The van der Waals surface area contributed by atoms with Crippen molar-refractivity contribution >= 4 is 50.6 Å². The number of hydrogen-bond donors (Lipinski definition) is 1. The van der Waals surface area contributed by atoms with Crippen molar-refractivity contribution in [3.8, 4) is 5.75 Å². The molecule has 2 aromatic carbocycles. The molecular weight excluding hydrogens is 459 g/mol. The largest absolute Gasteiger partial charge is 0.493 e. The predicted octanol–water partition coefficient (Wildman–Crippen LogP) is 4.22. The quantitative estimate of drug-likeness (QED) is 0.402. The number of amides is 1. The molecule has 4 nitrogen and oxygen atoms in total. The lowest BCUT2D eigenvalue weighted by Crippen LogP contribution is -2.17. The topological polar surface area (TPSA) is 50.7 Å². The van der Waals surface area contributed by atoms with Crippen LogP contribution in [0.2, 0.25) is 0 Å². The van der Waals surface area contributed by atoms with Gasteiger partial charge >= 0.3 is 0 Å². The summed E-state index contributed by atoms with van der Waals surface area (Å²) in [7, 11) is 0. The minimum absolute atomic E-state index is 0.236. The van der Waals surface area contributed by atoms with Crippen molar-refractivity contribution in [2.75, 3.05) is 6.61 Å². The van der Waals surface area contributed by atoms with Crippen LogP contribution >= 0.6 is 38.5 Å². The van der Waals surface area contributed by atoms with Crippen molar-refractivity contribution in [1.82, 2.24) is 5.43 Å². The zero-order valence-electron chi connectivity index (χ0n) is 11.8. The first-order valence-electron chi connectivity index (χ1n) is 6.61. The van der Waals surface area contributed by atoms with Crippen LogP contribution in [-0.2, 0) is 0 Å². The highest BCUT2D eigenvalue weighted by atomic mass is 127. The molecule has 6 heteroatoms. The van der Waals surface area contributed by atoms with Crippen LogP contribution in [0.3, 0.4) is 0 Å². The van der Waals surface area contributed by atoms with Gasteiger partial charge in [0.25, 0.3) is 5.91 Å². The number of rotatable bonds is 5. The molecule has 22 heavy (non-hydrogen) atoms. The molecule has 0 heterocycles. The average Bonchev–Trinajstić information content (AvgIpc) is 2.50. The van der Waals surface area contributed by atoms with Gasteiger partial charge in [0.05, 0.1) is 17.3 Å². The van der Waals surface area contributed by atoms with Gasteiger partial charge < -0.3 is 4.74 Å². The Morgan fingerprint density at radius 2 is 2.18 bits per heavy atom. The third-order valence-electron chi connectivity index (χ3n) is 2.72. The van der Waals surface area contributed by atoms with E-state index in [2.05, 4.69) is 49.0 Å². The first-order valence-corrected chi connectivity index (χ1v) is 8.48. The molecule has 0 saturated heterocycles. The van der Waals surface area contributed by atoms with Crippen molar-refractivity contribution in [3.63, 3.8) is 0 Å². The standard InChI is InChI=1S/C16H14BrIN2O2/c1-2-22-15-7-6-11(8-14(15)17)10-19-20-16(21)12-4-3-5-13(18)9-12/h3-10H,2H2,1H3,(H,20,21)/b19-10-. The average molecular weight is 473 g/mol. The summed E-state index contributed by atoms with van der Waals surface area (Å²) in [5, 5.41) is 3.98. The summed E-state index contributed by atoms with van der Waals surface area (Å²) in [6.45, 7) is 2.54. The molecule has 0 atom stereocenters. The zero-order chi connectivity index (χ0) is 15.9. The van der Waals surface area contributed by atoms with Gasteiger partial charge in [-0.25, -0.2) is 5.43 Å². The summed E-state index contributed by atoms with van der Waals surface area (Å²) in [6, 6.07) is 12.9. The second-order valence-electron chi connectivity index (χ2n) is 4.33. The van der Waals surface area contributed by atoms with E-state index in [1.54, 1.807) is 18.3 Å². The minimum Gasteiger partial charge on any atom is -0.493 e. The van der Waals surface area contributed by atoms with Crippen LogP contribution in [0.5, 0.6) is 5.75 Å². The van der Waals surface area contributed by atoms with Crippen LogP contribution in [0, 0.1) is 3.57 Å². The summed E-state index contributed by atoms with van der Waals surface area (Å²) in [5.74, 6) is 0.544. The highest BCUT2D eigenvalue weighted by molar-refractivity contribution is 14.1. The monoisotopic (exact) mass is 472 g/mol. The molecular formula is C16H14BrIN2O2. The van der Waals surface area contributed by atoms with Gasteiger partial charge in [-0.2, -0.15) is 5.10 Å². The maximum atomic E-state index is 11.9. The van der Waals surface area contributed by atoms with Gasteiger partial charge in [0, 0.05) is 9.13 Å². The minimum atomic E-state index is -0.236. The van der Waals surface area contributed by atoms with Crippen LogP contribution in [0.4, 0.5) is 0 Å². The van der Waals surface area contributed by atoms with Crippen LogP contribution in [-0.4, -0.2) is 18.7 Å². The number of carbonyl (C=O) groups excluding carboxylic acids is 1. The van der Waals surface area contributed by atoms with Gasteiger partial charge in [-0.1, -0.05) is 6.07 Å². The molecule has 0 aromatic heterocycles. The molecule has 2 aromatic rings. The molecule has 1 amide bonds. The van der Waals surface area contributed by atoms with Gasteiger partial charge in [0.1, 0.15) is 5.75 Å². The van der Waals surface area contributed by atoms with Crippen LogP contribution < -0.4 is 10.2 Å². The van der Waals surface area contributed by atoms with E-state index in [0.717, 1.165) is 19.4 Å². The molecule has 0 unspecified atom stereocenters. The third-order valence-corrected chi connectivity index (χ3v) is 4.01. The summed E-state index contributed by atoms with van der Waals surface area (Å²) in [6.07, 6.45) is 1.59. The maximum absolute atomic E-state index is 11.9. The van der Waals surface area contributed by atoms with Gasteiger partial charge in [-0.3, -0.25) is 4.79 Å². The van der Waals surface area contributed by atoms with E-state index in [0.29, 0.717) is 12.2 Å². The van der Waals surface area contributed by atoms with Gasteiger partial charge in [-0.05, 0) is 87.4 Å². The highest BCUT2D eigenvalue weighted by Gasteiger charge is 2.04. The Morgan fingerprint density at radius 1 is 1.36 bits per heavy atom. The van der Waals surface area contributed by atoms with Gasteiger partial charge in [0.2, 0.25) is 0 Å². The van der Waals surface area contributed by atoms with Gasteiger partial charge in [-0.15, -0.1) is 0 Å². The molecule has 0 aliphatic heterocycles. The molecule has 0 saturated carbocycles. The van der Waals surface area contributed by atoms with E-state index >= 15 is 0 Å². The van der Waals surface area contributed by atoms with E-state index in [4.69, 9.17) is 4.74 Å². The Bertz CT molecular complexity index is 704. The number of nitrogens with zero attached hydrogens (tertiary/aromatic N) is 1. The molecule has 0 radical (unpaired) electrons. The highest BCUT2D eigenvalue weighted by Crippen LogP contribution is 2.25. The number of nitrogens with one attached hydrogen (secondary N) is 1. The van der Waals surface area contributed by atoms with Crippen LogP contribution in [0.25, 0.3) is 0 Å². The normalized spacial score (nSPS) is 10.7. The maximum Gasteiger partial charge on any atom is 0.271 e. The Hall–Kier alpha value is -1.41. The Labute approximate surface area is 151 Å². The first-order chi connectivity index (χ1) is 10.6. The number of ether oxygens (including phenoxy) is 1. The second-order valence-corrected chi connectivity index (χ2v) is 6.43. The van der Waals surface area contributed by atoms with E-state index in [1.165, 1.54) is 0 Å². The molecule has 114 valence electrons. The SMILES string of the molecule is CCOc1ccc(/C=N\NC(=O)c2cccc(I)c2)cc1Br. The summed E-state index contributed by atoms with van der Waals surface area (Å²) >= 11 is 5.60. The molecule has 1 N–H and O–H groups in total. The zero-order valence-corrected chi connectivity index (χ0v) is 15.6. The van der Waals surface area contributed by atoms with Crippen molar-refractivity contribution in [3.05, 3.63) is 61.6 Å². The van der Waals surface area contributed by atoms with E-state index < -0.39 is 0 Å². The van der Waals surface area contributed by atoms with E-state index in [9.17, 15) is 4.79 Å². The number of hydrogen-bond acceptors (Lipinski definition) is 3. The lowest BCUT2D eigenvalue weighted by Gasteiger charge is -2.05. The lowest BCUT2D eigenvalue weighted by molar-refractivity contribution is 0.0955. The molecule has 0 bridgehead atoms. The van der Waals surface area contributed by atoms with Crippen LogP contribution in [0.15, 0.2) is 52.0 Å². The number of benzene rings is 2. The molecule has 2 rings (SSSR count). The lowest BCUT2D eigenvalue weighted by atomic mass is 10.2. The Balaban J connectivity index is 2.00. The molecule has 0 aliphatic rings. The summed E-state index contributed by atoms with van der Waals surface area (Å²) < 4.78 is 7.30. The first kappa shape index (κ1) is 17.0. The fourth-order valence-electron chi connectivity index (χ4n) is 1.73. The van der Waals surface area contributed by atoms with Crippen molar-refractivity contribution < 1.29 is 9.53 Å². The predicted molar refractivity (Wildman–Crippen MR) is 99.5 cm³/mol. The summed E-state index contributed by atoms with van der Waals surface area (Å²) in [5.41, 5.74) is 3.95. The van der Waals surface area contributed by atoms with Crippen molar-refractivity contribution in [2.24, 2.45) is 5.10 Å². The summed E-state index contributed by atoms with van der Waals surface area (Å²) in [4.78, 5) is 11.9. The third kappa shape index (κ3) is 4.81. The fourth-order valence-corrected chi connectivity index (χ4v) is 2.78. The molecule has 0 spiro atoms. The van der Waals surface area contributed by atoms with Crippen molar-refractivity contribution in [1.29, 1.82) is 0 Å².